The third-order valence-electron chi connectivity index (χ3n) is 2.84. The minimum Gasteiger partial charge on any atom is -0.493 e. The zero-order chi connectivity index (χ0) is 12.4. The van der Waals surface area contributed by atoms with Crippen LogP contribution in [0.2, 0.25) is 0 Å². The van der Waals surface area contributed by atoms with E-state index in [2.05, 4.69) is 31.9 Å². The fourth-order valence-electron chi connectivity index (χ4n) is 2.06. The van der Waals surface area contributed by atoms with Crippen LogP contribution in [0.4, 0.5) is 0 Å². The van der Waals surface area contributed by atoms with Gasteiger partial charge in [0, 0.05) is 10.0 Å². The molecule has 0 aromatic heterocycles. The highest BCUT2D eigenvalue weighted by Gasteiger charge is 2.26. The predicted molar refractivity (Wildman–Crippen MR) is 73.4 cm³/mol. The Kier molecular flexibility index (Phi) is 4.33. The Labute approximate surface area is 118 Å². The molecular weight excluding hydrogens is 352 g/mol. The van der Waals surface area contributed by atoms with Crippen molar-refractivity contribution in [3.63, 3.8) is 0 Å². The molecule has 0 saturated heterocycles. The Bertz CT molecular complexity index is 421. The van der Waals surface area contributed by atoms with E-state index in [1.165, 1.54) is 5.56 Å². The van der Waals surface area contributed by atoms with Crippen LogP contribution in [-0.4, -0.2) is 27.4 Å². The minimum atomic E-state index is 0.126. The van der Waals surface area contributed by atoms with E-state index in [9.17, 15) is 0 Å². The average molecular weight is 366 g/mol. The highest BCUT2D eigenvalue weighted by atomic mass is 79.9. The third kappa shape index (κ3) is 2.46. The van der Waals surface area contributed by atoms with Gasteiger partial charge < -0.3 is 14.2 Å². The Morgan fingerprint density at radius 2 is 2.12 bits per heavy atom. The molecule has 0 aliphatic carbocycles. The van der Waals surface area contributed by atoms with E-state index in [-0.39, 0.29) is 4.83 Å². The fourth-order valence-corrected chi connectivity index (χ4v) is 3.35. The van der Waals surface area contributed by atoms with Gasteiger partial charge in [-0.1, -0.05) is 31.9 Å². The second kappa shape index (κ2) is 5.59. The SMILES string of the molecule is COc1cc(Br)c2c(c1OC)C(Br)COCC2. The molecule has 1 aromatic rings. The second-order valence-corrected chi connectivity index (χ2v) is 5.74. The summed E-state index contributed by atoms with van der Waals surface area (Å²) in [5, 5.41) is 0. The first kappa shape index (κ1) is 13.2. The summed E-state index contributed by atoms with van der Waals surface area (Å²) in [5.74, 6) is 1.53. The Balaban J connectivity index is 2.64. The van der Waals surface area contributed by atoms with Crippen LogP contribution in [0, 0.1) is 0 Å². The van der Waals surface area contributed by atoms with Crippen LogP contribution in [0.5, 0.6) is 11.5 Å². The van der Waals surface area contributed by atoms with Crippen LogP contribution < -0.4 is 9.47 Å². The molecule has 5 heteroatoms. The van der Waals surface area contributed by atoms with Crippen molar-refractivity contribution in [2.45, 2.75) is 11.2 Å². The first-order valence-corrected chi connectivity index (χ1v) is 7.05. The van der Waals surface area contributed by atoms with Gasteiger partial charge in [-0.05, 0) is 18.1 Å². The van der Waals surface area contributed by atoms with Crippen molar-refractivity contribution in [3.8, 4) is 11.5 Å². The molecule has 1 aromatic carbocycles. The van der Waals surface area contributed by atoms with Gasteiger partial charge >= 0.3 is 0 Å². The smallest absolute Gasteiger partial charge is 0.165 e. The quantitative estimate of drug-likeness (QED) is 0.751. The van der Waals surface area contributed by atoms with Gasteiger partial charge in [0.1, 0.15) is 0 Å². The number of methoxy groups -OCH3 is 2. The summed E-state index contributed by atoms with van der Waals surface area (Å²) in [5.41, 5.74) is 2.35. The molecular formula is C12H14Br2O3. The number of rotatable bonds is 2. The van der Waals surface area contributed by atoms with E-state index in [0.717, 1.165) is 34.6 Å². The first-order valence-electron chi connectivity index (χ1n) is 5.34. The highest BCUT2D eigenvalue weighted by Crippen LogP contribution is 2.45. The molecule has 2 rings (SSSR count). The molecule has 17 heavy (non-hydrogen) atoms. The zero-order valence-electron chi connectivity index (χ0n) is 9.76. The largest absolute Gasteiger partial charge is 0.493 e. The zero-order valence-corrected chi connectivity index (χ0v) is 12.9. The van der Waals surface area contributed by atoms with Crippen LogP contribution in [0.25, 0.3) is 0 Å². The van der Waals surface area contributed by atoms with E-state index in [0.29, 0.717) is 6.61 Å². The van der Waals surface area contributed by atoms with E-state index < -0.39 is 0 Å². The van der Waals surface area contributed by atoms with Crippen LogP contribution in [0.1, 0.15) is 16.0 Å². The van der Waals surface area contributed by atoms with E-state index in [1.54, 1.807) is 14.2 Å². The number of hydrogen-bond donors (Lipinski definition) is 0. The van der Waals surface area contributed by atoms with Crippen LogP contribution in [0.15, 0.2) is 10.5 Å². The summed E-state index contributed by atoms with van der Waals surface area (Å²) in [7, 11) is 3.31. The van der Waals surface area contributed by atoms with Crippen molar-refractivity contribution in [3.05, 3.63) is 21.7 Å². The predicted octanol–water partition coefficient (Wildman–Crippen LogP) is 3.48. The van der Waals surface area contributed by atoms with E-state index in [1.807, 2.05) is 6.07 Å². The van der Waals surface area contributed by atoms with E-state index >= 15 is 0 Å². The molecule has 1 aliphatic rings. The number of hydrogen-bond acceptors (Lipinski definition) is 3. The monoisotopic (exact) mass is 364 g/mol. The molecule has 0 N–H and O–H groups in total. The normalized spacial score (nSPS) is 19.4. The minimum absolute atomic E-state index is 0.126. The molecule has 0 spiro atoms. The van der Waals surface area contributed by atoms with Gasteiger partial charge in [0.15, 0.2) is 11.5 Å². The third-order valence-corrected chi connectivity index (χ3v) is 4.27. The van der Waals surface area contributed by atoms with Crippen molar-refractivity contribution in [2.75, 3.05) is 27.4 Å². The topological polar surface area (TPSA) is 27.7 Å². The molecule has 1 atom stereocenters. The molecule has 1 unspecified atom stereocenters. The lowest BCUT2D eigenvalue weighted by Crippen LogP contribution is -2.04. The summed E-state index contributed by atoms with van der Waals surface area (Å²) < 4.78 is 17.4. The number of alkyl halides is 1. The molecule has 0 saturated carbocycles. The van der Waals surface area contributed by atoms with Crippen LogP contribution in [0.3, 0.4) is 0 Å². The van der Waals surface area contributed by atoms with E-state index in [4.69, 9.17) is 14.2 Å². The molecule has 1 heterocycles. The molecule has 0 amide bonds. The van der Waals surface area contributed by atoms with Crippen LogP contribution in [-0.2, 0) is 11.2 Å². The Hall–Kier alpha value is -0.260. The lowest BCUT2D eigenvalue weighted by atomic mass is 10.0. The Morgan fingerprint density at radius 3 is 2.76 bits per heavy atom. The maximum Gasteiger partial charge on any atom is 0.165 e. The van der Waals surface area contributed by atoms with Gasteiger partial charge in [0.2, 0.25) is 0 Å². The average Bonchev–Trinajstić information content (AvgIpc) is 2.52. The number of benzene rings is 1. The fraction of sp³-hybridized carbons (Fsp3) is 0.500. The standard InChI is InChI=1S/C12H14Br2O3/c1-15-10-5-8(13)7-3-4-17-6-9(14)11(7)12(10)16-2/h5,9H,3-4,6H2,1-2H3. The highest BCUT2D eigenvalue weighted by molar-refractivity contribution is 9.10. The van der Waals surface area contributed by atoms with Gasteiger partial charge in [0.25, 0.3) is 0 Å². The van der Waals surface area contributed by atoms with Crippen molar-refractivity contribution in [1.29, 1.82) is 0 Å². The van der Waals surface area contributed by atoms with Gasteiger partial charge in [-0.15, -0.1) is 0 Å². The molecule has 94 valence electrons. The summed E-state index contributed by atoms with van der Waals surface area (Å²) in [4.78, 5) is 0.126. The van der Waals surface area contributed by atoms with Crippen LogP contribution >= 0.6 is 31.9 Å². The maximum atomic E-state index is 5.55. The first-order chi connectivity index (χ1) is 8.19. The molecule has 1 aliphatic heterocycles. The molecule has 3 nitrogen and oxygen atoms in total. The number of fused-ring (bicyclic) bond motifs is 1. The maximum absolute atomic E-state index is 5.55. The van der Waals surface area contributed by atoms with Crippen molar-refractivity contribution in [1.82, 2.24) is 0 Å². The number of ether oxygens (including phenoxy) is 3. The van der Waals surface area contributed by atoms with Gasteiger partial charge in [-0.25, -0.2) is 0 Å². The molecule has 0 bridgehead atoms. The van der Waals surface area contributed by atoms with Gasteiger partial charge in [0.05, 0.1) is 32.3 Å². The van der Waals surface area contributed by atoms with Crippen molar-refractivity contribution in [2.24, 2.45) is 0 Å². The summed E-state index contributed by atoms with van der Waals surface area (Å²) >= 11 is 7.23. The summed E-state index contributed by atoms with van der Waals surface area (Å²) in [6, 6.07) is 1.95. The lowest BCUT2D eigenvalue weighted by molar-refractivity contribution is 0.145. The van der Waals surface area contributed by atoms with Crippen molar-refractivity contribution < 1.29 is 14.2 Å². The molecule has 0 fully saturated rings. The molecule has 0 radical (unpaired) electrons. The Morgan fingerprint density at radius 1 is 1.35 bits per heavy atom. The van der Waals surface area contributed by atoms with Crippen molar-refractivity contribution >= 4 is 31.9 Å². The van der Waals surface area contributed by atoms with Gasteiger partial charge in [-0.2, -0.15) is 0 Å². The summed E-state index contributed by atoms with van der Waals surface area (Å²) in [6.07, 6.45) is 0.873. The summed E-state index contributed by atoms with van der Waals surface area (Å²) in [6.45, 7) is 1.37. The second-order valence-electron chi connectivity index (χ2n) is 3.78. The van der Waals surface area contributed by atoms with Gasteiger partial charge in [-0.3, -0.25) is 0 Å². The number of halogens is 2. The lowest BCUT2D eigenvalue weighted by Gasteiger charge is -2.19.